The lowest BCUT2D eigenvalue weighted by molar-refractivity contribution is -0.122. The number of aryl methyl sites for hydroxylation is 3. The van der Waals surface area contributed by atoms with Crippen molar-refractivity contribution in [2.24, 2.45) is 20.0 Å². The molecule has 0 amide bonds. The lowest BCUT2D eigenvalue weighted by Gasteiger charge is -2.43. The summed E-state index contributed by atoms with van der Waals surface area (Å²) in [6, 6.07) is 4.05. The van der Waals surface area contributed by atoms with Gasteiger partial charge in [-0.15, -0.1) is 0 Å². The minimum absolute atomic E-state index is 0.0579. The Morgan fingerprint density at radius 2 is 1.94 bits per heavy atom. The summed E-state index contributed by atoms with van der Waals surface area (Å²) in [6.45, 7) is 4.10. The van der Waals surface area contributed by atoms with Crippen molar-refractivity contribution in [3.63, 3.8) is 0 Å². The van der Waals surface area contributed by atoms with Crippen LogP contribution in [0.3, 0.4) is 0 Å². The van der Waals surface area contributed by atoms with Gasteiger partial charge in [0.05, 0.1) is 17.1 Å². The summed E-state index contributed by atoms with van der Waals surface area (Å²) in [7, 11) is 3.83. The highest BCUT2D eigenvalue weighted by atomic mass is 16.3. The molecule has 0 spiro atoms. The molecule has 11 nitrogen and oxygen atoms in total. The standard InChI is InChI=1S/C22H24N8O.CH2O2/c1-13-25-20-17(9-24-28(20)3)21(26-13)29-10-14-8-15(12-29)18-5-4-16(22(31)30(18)11-14)19-23-6-7-27(19)2;2-1-3/h4-7,9,14-15H,8,10-12H2,1-3H3;1H,(H,2,3)/t14-,15+;/m0./s1. The highest BCUT2D eigenvalue weighted by molar-refractivity contribution is 5.87. The lowest BCUT2D eigenvalue weighted by atomic mass is 9.83. The number of fused-ring (bicyclic) bond motifs is 5. The Kier molecular flexibility index (Phi) is 5.39. The second-order valence-electron chi connectivity index (χ2n) is 8.86. The molecule has 2 aliphatic heterocycles. The number of anilines is 1. The van der Waals surface area contributed by atoms with Crippen molar-refractivity contribution < 1.29 is 9.90 Å². The topological polar surface area (TPSA) is 124 Å². The molecule has 4 aromatic heterocycles. The monoisotopic (exact) mass is 462 g/mol. The number of hydrogen-bond donors (Lipinski definition) is 1. The Hall–Kier alpha value is -4.02. The molecule has 0 unspecified atom stereocenters. The Morgan fingerprint density at radius 1 is 1.15 bits per heavy atom. The molecule has 1 N–H and O–H groups in total. The molecule has 2 aliphatic rings. The SMILES string of the molecule is Cc1nc(N2C[C@@H]3C[C@H](C2)c2ccc(-c4nccn4C)c(=O)n2C3)c2cnn(C)c2n1.O=CO. The van der Waals surface area contributed by atoms with Crippen LogP contribution in [-0.4, -0.2) is 58.5 Å². The number of piperidine rings is 1. The van der Waals surface area contributed by atoms with E-state index >= 15 is 0 Å². The third-order valence-electron chi connectivity index (χ3n) is 6.65. The van der Waals surface area contributed by atoms with Crippen LogP contribution >= 0.6 is 0 Å². The van der Waals surface area contributed by atoms with E-state index in [0.29, 0.717) is 17.3 Å². The summed E-state index contributed by atoms with van der Waals surface area (Å²) >= 11 is 0. The number of imidazole rings is 1. The highest BCUT2D eigenvalue weighted by Gasteiger charge is 2.36. The average molecular weight is 463 g/mol. The van der Waals surface area contributed by atoms with Crippen LogP contribution in [0.2, 0.25) is 0 Å². The largest absolute Gasteiger partial charge is 0.483 e. The van der Waals surface area contributed by atoms with Gasteiger partial charge in [0, 0.05) is 57.7 Å². The van der Waals surface area contributed by atoms with E-state index in [9.17, 15) is 4.79 Å². The van der Waals surface area contributed by atoms with E-state index in [-0.39, 0.29) is 17.9 Å². The van der Waals surface area contributed by atoms with E-state index in [1.807, 2.05) is 48.6 Å². The van der Waals surface area contributed by atoms with E-state index in [1.165, 1.54) is 0 Å². The number of aromatic nitrogens is 7. The van der Waals surface area contributed by atoms with Gasteiger partial charge in [-0.25, -0.2) is 15.0 Å². The van der Waals surface area contributed by atoms with Crippen molar-refractivity contribution in [2.45, 2.75) is 25.8 Å². The molecule has 0 radical (unpaired) electrons. The molecular formula is C23H26N8O3. The van der Waals surface area contributed by atoms with Gasteiger partial charge in [-0.3, -0.25) is 14.3 Å². The number of carboxylic acid groups (broad SMARTS) is 1. The molecule has 176 valence electrons. The van der Waals surface area contributed by atoms with Crippen LogP contribution < -0.4 is 10.5 Å². The van der Waals surface area contributed by atoms with E-state index < -0.39 is 0 Å². The fourth-order valence-corrected chi connectivity index (χ4v) is 5.27. The molecule has 6 heterocycles. The van der Waals surface area contributed by atoms with Gasteiger partial charge in [-0.2, -0.15) is 5.10 Å². The maximum absolute atomic E-state index is 13.3. The smallest absolute Gasteiger partial charge is 0.290 e. The van der Waals surface area contributed by atoms with Crippen molar-refractivity contribution >= 4 is 23.3 Å². The zero-order valence-corrected chi connectivity index (χ0v) is 19.3. The number of rotatable bonds is 2. The van der Waals surface area contributed by atoms with Gasteiger partial charge in [0.2, 0.25) is 0 Å². The molecule has 11 heteroatoms. The molecular weight excluding hydrogens is 436 g/mol. The first-order chi connectivity index (χ1) is 16.4. The predicted molar refractivity (Wildman–Crippen MR) is 126 cm³/mol. The molecule has 34 heavy (non-hydrogen) atoms. The van der Waals surface area contributed by atoms with E-state index in [1.54, 1.807) is 10.9 Å². The minimum atomic E-state index is -0.250. The second-order valence-corrected chi connectivity index (χ2v) is 8.86. The third kappa shape index (κ3) is 3.53. The molecule has 1 saturated heterocycles. The predicted octanol–water partition coefficient (Wildman–Crippen LogP) is 1.56. The number of hydrogen-bond acceptors (Lipinski definition) is 7. The average Bonchev–Trinajstić information content (AvgIpc) is 3.40. The van der Waals surface area contributed by atoms with Crippen LogP contribution in [0.15, 0.2) is 35.5 Å². The molecule has 2 atom stereocenters. The molecule has 1 fully saturated rings. The minimum Gasteiger partial charge on any atom is -0.483 e. The van der Waals surface area contributed by atoms with Gasteiger partial charge < -0.3 is 19.1 Å². The normalized spacial score (nSPS) is 18.9. The first kappa shape index (κ1) is 21.8. The summed E-state index contributed by atoms with van der Waals surface area (Å²) in [5.74, 6) is 3.09. The Balaban J connectivity index is 0.000000764. The summed E-state index contributed by atoms with van der Waals surface area (Å²) in [6.07, 6.45) is 6.55. The van der Waals surface area contributed by atoms with E-state index in [2.05, 4.69) is 26.0 Å². The van der Waals surface area contributed by atoms with Crippen LogP contribution in [0.25, 0.3) is 22.4 Å². The maximum atomic E-state index is 13.3. The van der Waals surface area contributed by atoms with Gasteiger partial charge in [0.1, 0.15) is 17.5 Å². The van der Waals surface area contributed by atoms with Crippen LogP contribution in [0.5, 0.6) is 0 Å². The van der Waals surface area contributed by atoms with Crippen molar-refractivity contribution in [2.75, 3.05) is 18.0 Å². The van der Waals surface area contributed by atoms with E-state index in [0.717, 1.165) is 54.4 Å². The molecule has 4 aromatic rings. The van der Waals surface area contributed by atoms with Gasteiger partial charge in [-0.05, 0) is 31.4 Å². The van der Waals surface area contributed by atoms with Gasteiger partial charge in [-0.1, -0.05) is 0 Å². The van der Waals surface area contributed by atoms with Crippen LogP contribution in [0.4, 0.5) is 5.82 Å². The van der Waals surface area contributed by atoms with Gasteiger partial charge in [0.25, 0.3) is 12.0 Å². The highest BCUT2D eigenvalue weighted by Crippen LogP contribution is 2.38. The quantitative estimate of drug-likeness (QED) is 0.445. The van der Waals surface area contributed by atoms with Gasteiger partial charge in [0.15, 0.2) is 5.65 Å². The third-order valence-corrected chi connectivity index (χ3v) is 6.65. The van der Waals surface area contributed by atoms with Gasteiger partial charge >= 0.3 is 0 Å². The zero-order valence-electron chi connectivity index (χ0n) is 19.3. The van der Waals surface area contributed by atoms with Crippen LogP contribution in [-0.2, 0) is 25.4 Å². The number of nitrogens with zero attached hydrogens (tertiary/aromatic N) is 8. The number of pyridine rings is 1. The maximum Gasteiger partial charge on any atom is 0.290 e. The summed E-state index contributed by atoms with van der Waals surface area (Å²) < 4.78 is 5.67. The van der Waals surface area contributed by atoms with E-state index in [4.69, 9.17) is 14.9 Å². The number of carbonyl (C=O) groups is 1. The van der Waals surface area contributed by atoms with Crippen molar-refractivity contribution in [3.8, 4) is 11.4 Å². The molecule has 0 saturated carbocycles. The van der Waals surface area contributed by atoms with Crippen molar-refractivity contribution in [3.05, 3.63) is 52.6 Å². The zero-order chi connectivity index (χ0) is 24.0. The molecule has 0 aromatic carbocycles. The van der Waals surface area contributed by atoms with Crippen molar-refractivity contribution in [1.29, 1.82) is 0 Å². The Labute approximate surface area is 195 Å². The fraction of sp³-hybridized carbons (Fsp3) is 0.391. The molecule has 6 rings (SSSR count). The molecule has 2 bridgehead atoms. The van der Waals surface area contributed by atoms with Crippen LogP contribution in [0.1, 0.15) is 23.9 Å². The summed E-state index contributed by atoms with van der Waals surface area (Å²) in [4.78, 5) is 37.8. The summed E-state index contributed by atoms with van der Waals surface area (Å²) in [5.41, 5.74) is 2.69. The first-order valence-electron chi connectivity index (χ1n) is 11.1. The fourth-order valence-electron chi connectivity index (χ4n) is 5.27. The lowest BCUT2D eigenvalue weighted by Crippen LogP contribution is -2.47. The van der Waals surface area contributed by atoms with Crippen molar-refractivity contribution in [1.82, 2.24) is 33.9 Å². The Bertz CT molecular complexity index is 1440. The Morgan fingerprint density at radius 3 is 2.68 bits per heavy atom. The summed E-state index contributed by atoms with van der Waals surface area (Å²) in [5, 5.41) is 12.3. The second kappa shape index (κ2) is 8.40. The first-order valence-corrected chi connectivity index (χ1v) is 11.1. The van der Waals surface area contributed by atoms with Crippen LogP contribution in [0, 0.1) is 12.8 Å². The molecule has 0 aliphatic carbocycles.